The summed E-state index contributed by atoms with van der Waals surface area (Å²) < 4.78 is 24.8. The molecular weight excluding hydrogens is 276 g/mol. The number of hydrogen-bond donors (Lipinski definition) is 2. The standard InChI is InChI=1S/C14H20N2O3S/c15-9-6-13(17)11-4-3-5-12(10-11)14(16-20(18)19)7-1-2-8-14/h3-5,10,16H,1-2,6-9,15H2,(H,18,19)/p-1. The van der Waals surface area contributed by atoms with Crippen LogP contribution in [0.3, 0.4) is 0 Å². The summed E-state index contributed by atoms with van der Waals surface area (Å²) in [4.78, 5) is 11.9. The minimum absolute atomic E-state index is 0.00857. The Morgan fingerprint density at radius 3 is 2.70 bits per heavy atom. The molecule has 0 bridgehead atoms. The number of ketones is 1. The molecule has 1 unspecified atom stereocenters. The van der Waals surface area contributed by atoms with Gasteiger partial charge >= 0.3 is 0 Å². The van der Waals surface area contributed by atoms with Crippen molar-refractivity contribution in [3.63, 3.8) is 0 Å². The summed E-state index contributed by atoms with van der Waals surface area (Å²) in [6.45, 7) is 0.316. The highest BCUT2D eigenvalue weighted by Gasteiger charge is 2.35. The Kier molecular flexibility index (Phi) is 5.04. The lowest BCUT2D eigenvalue weighted by Crippen LogP contribution is -2.40. The fraction of sp³-hybridized carbons (Fsp3) is 0.500. The van der Waals surface area contributed by atoms with Gasteiger partial charge in [-0.15, -0.1) is 0 Å². The van der Waals surface area contributed by atoms with Crippen LogP contribution in [-0.4, -0.2) is 21.1 Å². The highest BCUT2D eigenvalue weighted by molar-refractivity contribution is 7.77. The zero-order chi connectivity index (χ0) is 14.6. The van der Waals surface area contributed by atoms with Crippen molar-refractivity contribution in [1.82, 2.24) is 4.72 Å². The molecule has 0 heterocycles. The maximum absolute atomic E-state index is 11.9. The Labute approximate surface area is 121 Å². The van der Waals surface area contributed by atoms with Gasteiger partial charge in [0.2, 0.25) is 0 Å². The van der Waals surface area contributed by atoms with Gasteiger partial charge in [0.05, 0.1) is 5.54 Å². The first kappa shape index (κ1) is 15.3. The molecule has 0 radical (unpaired) electrons. The van der Waals surface area contributed by atoms with E-state index in [0.717, 1.165) is 31.2 Å². The van der Waals surface area contributed by atoms with Crippen molar-refractivity contribution < 1.29 is 13.6 Å². The second-order valence-corrected chi connectivity index (χ2v) is 5.84. The lowest BCUT2D eigenvalue weighted by atomic mass is 9.87. The van der Waals surface area contributed by atoms with E-state index in [1.54, 1.807) is 18.2 Å². The number of nitrogens with two attached hydrogens (primary N) is 1. The van der Waals surface area contributed by atoms with Crippen LogP contribution in [0.5, 0.6) is 0 Å². The summed E-state index contributed by atoms with van der Waals surface area (Å²) >= 11 is -2.32. The van der Waals surface area contributed by atoms with E-state index in [2.05, 4.69) is 4.72 Å². The van der Waals surface area contributed by atoms with Gasteiger partial charge in [0, 0.05) is 23.3 Å². The number of hydrogen-bond acceptors (Lipinski definition) is 4. The molecule has 1 aromatic carbocycles. The van der Waals surface area contributed by atoms with Crippen LogP contribution in [0.2, 0.25) is 0 Å². The first-order valence-corrected chi connectivity index (χ1v) is 7.86. The van der Waals surface area contributed by atoms with Gasteiger partial charge in [-0.2, -0.15) is 0 Å². The molecule has 0 saturated heterocycles. The minimum Gasteiger partial charge on any atom is -0.760 e. The van der Waals surface area contributed by atoms with Crippen molar-refractivity contribution in [1.29, 1.82) is 0 Å². The first-order chi connectivity index (χ1) is 9.57. The van der Waals surface area contributed by atoms with Crippen LogP contribution in [0, 0.1) is 0 Å². The molecule has 20 heavy (non-hydrogen) atoms. The zero-order valence-corrected chi connectivity index (χ0v) is 12.1. The van der Waals surface area contributed by atoms with Crippen LogP contribution < -0.4 is 10.5 Å². The quantitative estimate of drug-likeness (QED) is 0.612. The molecule has 2 rings (SSSR count). The zero-order valence-electron chi connectivity index (χ0n) is 11.3. The molecule has 1 atom stereocenters. The van der Waals surface area contributed by atoms with Crippen LogP contribution in [0.15, 0.2) is 24.3 Å². The van der Waals surface area contributed by atoms with E-state index in [0.29, 0.717) is 18.5 Å². The monoisotopic (exact) mass is 295 g/mol. The summed E-state index contributed by atoms with van der Waals surface area (Å²) in [6.07, 6.45) is 3.78. The summed E-state index contributed by atoms with van der Waals surface area (Å²) in [5.74, 6) is -0.00857. The van der Waals surface area contributed by atoms with Crippen molar-refractivity contribution >= 4 is 17.0 Å². The number of rotatable bonds is 6. The van der Waals surface area contributed by atoms with E-state index in [9.17, 15) is 13.6 Å². The van der Waals surface area contributed by atoms with E-state index < -0.39 is 16.8 Å². The van der Waals surface area contributed by atoms with Crippen molar-refractivity contribution in [2.45, 2.75) is 37.6 Å². The molecule has 1 aromatic rings. The molecule has 1 fully saturated rings. The van der Waals surface area contributed by atoms with Gasteiger partial charge < -0.3 is 10.3 Å². The first-order valence-electron chi connectivity index (χ1n) is 6.78. The Balaban J connectivity index is 2.32. The summed E-state index contributed by atoms with van der Waals surface area (Å²) in [7, 11) is 0. The Hall–Kier alpha value is -1.08. The minimum atomic E-state index is -2.32. The molecule has 3 N–H and O–H groups in total. The molecule has 1 aliphatic rings. The normalized spacial score (nSPS) is 18.9. The lowest BCUT2D eigenvalue weighted by Gasteiger charge is -2.32. The summed E-state index contributed by atoms with van der Waals surface area (Å²) in [5, 5.41) is 0. The fourth-order valence-electron chi connectivity index (χ4n) is 2.85. The van der Waals surface area contributed by atoms with Gasteiger partial charge in [-0.05, 0) is 31.0 Å². The van der Waals surface area contributed by atoms with Gasteiger partial charge in [-0.3, -0.25) is 9.00 Å². The van der Waals surface area contributed by atoms with E-state index in [4.69, 9.17) is 5.73 Å². The Morgan fingerprint density at radius 1 is 1.40 bits per heavy atom. The molecule has 110 valence electrons. The van der Waals surface area contributed by atoms with Gasteiger partial charge in [0.15, 0.2) is 5.78 Å². The topological polar surface area (TPSA) is 95.2 Å². The van der Waals surface area contributed by atoms with Crippen molar-refractivity contribution in [2.75, 3.05) is 6.54 Å². The van der Waals surface area contributed by atoms with Crippen LogP contribution in [0.25, 0.3) is 0 Å². The number of carbonyl (C=O) groups excluding carboxylic acids is 1. The van der Waals surface area contributed by atoms with Crippen LogP contribution in [0.1, 0.15) is 48.0 Å². The molecule has 0 aliphatic heterocycles. The molecule has 1 saturated carbocycles. The maximum Gasteiger partial charge on any atom is 0.164 e. The average Bonchev–Trinajstić information content (AvgIpc) is 2.88. The van der Waals surface area contributed by atoms with E-state index in [1.807, 2.05) is 6.07 Å². The lowest BCUT2D eigenvalue weighted by molar-refractivity contribution is 0.0985. The van der Waals surface area contributed by atoms with Crippen LogP contribution >= 0.6 is 0 Å². The molecular formula is C14H19N2O3S-. The third-order valence-electron chi connectivity index (χ3n) is 3.84. The van der Waals surface area contributed by atoms with E-state index >= 15 is 0 Å². The largest absolute Gasteiger partial charge is 0.760 e. The predicted molar refractivity (Wildman–Crippen MR) is 76.6 cm³/mol. The smallest absolute Gasteiger partial charge is 0.164 e. The molecule has 0 amide bonds. The predicted octanol–water partition coefficient (Wildman–Crippen LogP) is 1.37. The van der Waals surface area contributed by atoms with Crippen molar-refractivity contribution in [3.05, 3.63) is 35.4 Å². The second kappa shape index (κ2) is 6.58. The Morgan fingerprint density at radius 2 is 2.10 bits per heavy atom. The van der Waals surface area contributed by atoms with Crippen LogP contribution in [-0.2, 0) is 16.8 Å². The maximum atomic E-state index is 11.9. The van der Waals surface area contributed by atoms with Gasteiger partial charge in [0.25, 0.3) is 0 Å². The third-order valence-corrected chi connectivity index (χ3v) is 4.40. The number of carbonyl (C=O) groups is 1. The van der Waals surface area contributed by atoms with Crippen molar-refractivity contribution in [2.24, 2.45) is 5.73 Å². The molecule has 5 nitrogen and oxygen atoms in total. The van der Waals surface area contributed by atoms with Gasteiger partial charge in [0.1, 0.15) is 0 Å². The Bertz CT molecular complexity index is 513. The molecule has 6 heteroatoms. The highest BCUT2D eigenvalue weighted by Crippen LogP contribution is 2.39. The SMILES string of the molecule is NCCC(=O)c1cccc(C2(NS(=O)[O-])CCCC2)c1. The summed E-state index contributed by atoms with van der Waals surface area (Å²) in [6, 6.07) is 7.22. The second-order valence-electron chi connectivity index (χ2n) is 5.17. The van der Waals surface area contributed by atoms with Crippen LogP contribution in [0.4, 0.5) is 0 Å². The number of nitrogens with one attached hydrogen (secondary N) is 1. The van der Waals surface area contributed by atoms with E-state index in [1.165, 1.54) is 0 Å². The third kappa shape index (κ3) is 3.32. The average molecular weight is 295 g/mol. The van der Waals surface area contributed by atoms with E-state index in [-0.39, 0.29) is 5.78 Å². The van der Waals surface area contributed by atoms with Crippen molar-refractivity contribution in [3.8, 4) is 0 Å². The fourth-order valence-corrected chi connectivity index (χ4v) is 3.49. The molecule has 0 spiro atoms. The number of benzene rings is 1. The highest BCUT2D eigenvalue weighted by atomic mass is 32.2. The summed E-state index contributed by atoms with van der Waals surface area (Å²) in [5.41, 5.74) is 6.30. The number of Topliss-reactive ketones (excluding diaryl/α,β-unsaturated/α-hetero) is 1. The van der Waals surface area contributed by atoms with Gasteiger partial charge in [-0.1, -0.05) is 31.0 Å². The molecule has 0 aromatic heterocycles. The molecule has 1 aliphatic carbocycles. The van der Waals surface area contributed by atoms with Gasteiger partial charge in [-0.25, -0.2) is 4.72 Å².